The minimum Gasteiger partial charge on any atom is -0.326 e. The van der Waals surface area contributed by atoms with Crippen LogP contribution in [0.4, 0.5) is 4.39 Å². The molecule has 0 saturated carbocycles. The van der Waals surface area contributed by atoms with Crippen LogP contribution in [0.3, 0.4) is 0 Å². The predicted molar refractivity (Wildman–Crippen MR) is 82.0 cm³/mol. The van der Waals surface area contributed by atoms with E-state index in [2.05, 4.69) is 11.8 Å². The second-order valence-electron chi connectivity index (χ2n) is 5.97. The van der Waals surface area contributed by atoms with E-state index in [0.717, 1.165) is 18.5 Å². The monoisotopic (exact) mass is 278 g/mol. The van der Waals surface area contributed by atoms with E-state index in [0.29, 0.717) is 6.04 Å². The molecular weight excluding hydrogens is 251 g/mol. The van der Waals surface area contributed by atoms with Gasteiger partial charge in [-0.05, 0) is 38.8 Å². The average Bonchev–Trinajstić information content (AvgIpc) is 2.66. The smallest absolute Gasteiger partial charge is 0.128 e. The lowest BCUT2D eigenvalue weighted by atomic mass is 9.95. The first-order valence-corrected chi connectivity index (χ1v) is 7.91. The number of halogens is 1. The van der Waals surface area contributed by atoms with E-state index in [1.807, 2.05) is 19.1 Å². The second kappa shape index (κ2) is 7.19. The Bertz CT molecular complexity index is 419. The molecule has 3 atom stereocenters. The number of hydrogen-bond donors (Lipinski definition) is 1. The Morgan fingerprint density at radius 3 is 2.70 bits per heavy atom. The lowest BCUT2D eigenvalue weighted by molar-refractivity contribution is 0.114. The molecule has 0 radical (unpaired) electrons. The maximum absolute atomic E-state index is 14.2. The van der Waals surface area contributed by atoms with Crippen molar-refractivity contribution in [1.29, 1.82) is 0 Å². The van der Waals surface area contributed by atoms with Crippen LogP contribution in [0.5, 0.6) is 0 Å². The maximum atomic E-state index is 14.2. The average molecular weight is 278 g/mol. The van der Waals surface area contributed by atoms with E-state index in [-0.39, 0.29) is 17.9 Å². The normalized spacial score (nSPS) is 24.1. The second-order valence-corrected chi connectivity index (χ2v) is 5.97. The van der Waals surface area contributed by atoms with Gasteiger partial charge in [-0.25, -0.2) is 4.39 Å². The van der Waals surface area contributed by atoms with Crippen molar-refractivity contribution in [3.63, 3.8) is 0 Å². The number of nitrogens with two attached hydrogens (primary N) is 1. The highest BCUT2D eigenvalue weighted by atomic mass is 19.1. The highest BCUT2D eigenvalue weighted by molar-refractivity contribution is 5.23. The summed E-state index contributed by atoms with van der Waals surface area (Å²) in [5, 5.41) is 0. The fourth-order valence-electron chi connectivity index (χ4n) is 3.48. The van der Waals surface area contributed by atoms with Crippen LogP contribution >= 0.6 is 0 Å². The highest BCUT2D eigenvalue weighted by Crippen LogP contribution is 2.32. The number of hydrogen-bond acceptors (Lipinski definition) is 2. The third kappa shape index (κ3) is 3.39. The Morgan fingerprint density at radius 2 is 2.05 bits per heavy atom. The summed E-state index contributed by atoms with van der Waals surface area (Å²) in [7, 11) is 0. The van der Waals surface area contributed by atoms with Gasteiger partial charge in [-0.15, -0.1) is 0 Å². The molecule has 1 aromatic rings. The van der Waals surface area contributed by atoms with Gasteiger partial charge in [0.05, 0.1) is 6.04 Å². The van der Waals surface area contributed by atoms with Crippen LogP contribution in [0.2, 0.25) is 0 Å². The molecule has 1 aliphatic heterocycles. The van der Waals surface area contributed by atoms with Gasteiger partial charge in [0.25, 0.3) is 0 Å². The Hall–Kier alpha value is -0.930. The van der Waals surface area contributed by atoms with Gasteiger partial charge in [0.2, 0.25) is 0 Å². The first kappa shape index (κ1) is 15.5. The standard InChI is InChI=1S/C17H27FN2/c1-3-14-9-5-4-8-12-20(14)17(13(2)19)15-10-6-7-11-16(15)18/h6-7,10-11,13-14,17H,3-5,8-9,12,19H2,1-2H3. The SMILES string of the molecule is CCC1CCCCCN1C(c1ccccc1F)C(C)N. The van der Waals surface area contributed by atoms with Crippen LogP contribution < -0.4 is 5.73 Å². The summed E-state index contributed by atoms with van der Waals surface area (Å²) in [6.07, 6.45) is 6.05. The Labute approximate surface area is 122 Å². The molecular formula is C17H27FN2. The van der Waals surface area contributed by atoms with Crippen molar-refractivity contribution in [1.82, 2.24) is 4.90 Å². The molecule has 2 nitrogen and oxygen atoms in total. The van der Waals surface area contributed by atoms with Crippen LogP contribution in [0.1, 0.15) is 57.6 Å². The van der Waals surface area contributed by atoms with Crippen molar-refractivity contribution in [2.45, 2.75) is 64.1 Å². The summed E-state index contributed by atoms with van der Waals surface area (Å²) in [5.41, 5.74) is 6.98. The first-order valence-electron chi connectivity index (χ1n) is 7.91. The van der Waals surface area contributed by atoms with E-state index in [4.69, 9.17) is 5.73 Å². The molecule has 112 valence electrons. The molecule has 1 fully saturated rings. The van der Waals surface area contributed by atoms with Crippen LogP contribution in [0, 0.1) is 5.82 Å². The molecule has 0 aromatic heterocycles. The van der Waals surface area contributed by atoms with Gasteiger partial charge in [0.15, 0.2) is 0 Å². The number of likely N-dealkylation sites (tertiary alicyclic amines) is 1. The van der Waals surface area contributed by atoms with Gasteiger partial charge in [-0.3, -0.25) is 4.90 Å². The van der Waals surface area contributed by atoms with Gasteiger partial charge in [0, 0.05) is 17.6 Å². The minimum absolute atomic E-state index is 0.0146. The summed E-state index contributed by atoms with van der Waals surface area (Å²) in [6, 6.07) is 7.53. The van der Waals surface area contributed by atoms with Crippen LogP contribution in [-0.2, 0) is 0 Å². The van der Waals surface area contributed by atoms with Crippen molar-refractivity contribution >= 4 is 0 Å². The highest BCUT2D eigenvalue weighted by Gasteiger charge is 2.31. The van der Waals surface area contributed by atoms with Crippen molar-refractivity contribution in [3.8, 4) is 0 Å². The van der Waals surface area contributed by atoms with E-state index in [9.17, 15) is 4.39 Å². The molecule has 0 bridgehead atoms. The van der Waals surface area contributed by atoms with Crippen LogP contribution in [0.25, 0.3) is 0 Å². The summed E-state index contributed by atoms with van der Waals surface area (Å²) in [5.74, 6) is -0.131. The van der Waals surface area contributed by atoms with Gasteiger partial charge >= 0.3 is 0 Å². The largest absolute Gasteiger partial charge is 0.326 e. The quantitative estimate of drug-likeness (QED) is 0.906. The zero-order chi connectivity index (χ0) is 14.5. The van der Waals surface area contributed by atoms with E-state index >= 15 is 0 Å². The van der Waals surface area contributed by atoms with Crippen molar-refractivity contribution < 1.29 is 4.39 Å². The maximum Gasteiger partial charge on any atom is 0.128 e. The van der Waals surface area contributed by atoms with Crippen molar-refractivity contribution in [3.05, 3.63) is 35.6 Å². The molecule has 3 heteroatoms. The zero-order valence-corrected chi connectivity index (χ0v) is 12.7. The van der Waals surface area contributed by atoms with E-state index in [1.165, 1.54) is 25.7 Å². The molecule has 0 spiro atoms. The van der Waals surface area contributed by atoms with E-state index < -0.39 is 0 Å². The Morgan fingerprint density at radius 1 is 1.30 bits per heavy atom. The van der Waals surface area contributed by atoms with Crippen molar-refractivity contribution in [2.75, 3.05) is 6.54 Å². The molecule has 2 N–H and O–H groups in total. The van der Waals surface area contributed by atoms with Gasteiger partial charge in [0.1, 0.15) is 5.82 Å². The van der Waals surface area contributed by atoms with E-state index in [1.54, 1.807) is 12.1 Å². The zero-order valence-electron chi connectivity index (χ0n) is 12.7. The molecule has 0 amide bonds. The molecule has 1 aliphatic rings. The summed E-state index contributed by atoms with van der Waals surface area (Å²) in [4.78, 5) is 2.45. The number of benzene rings is 1. The first-order chi connectivity index (χ1) is 9.65. The van der Waals surface area contributed by atoms with Crippen LogP contribution in [-0.4, -0.2) is 23.5 Å². The molecule has 1 aromatic carbocycles. The third-order valence-corrected chi connectivity index (χ3v) is 4.47. The third-order valence-electron chi connectivity index (χ3n) is 4.47. The Balaban J connectivity index is 2.33. The molecule has 1 heterocycles. The molecule has 2 rings (SSSR count). The Kier molecular flexibility index (Phi) is 5.55. The number of rotatable bonds is 4. The van der Waals surface area contributed by atoms with Crippen LogP contribution in [0.15, 0.2) is 24.3 Å². The summed E-state index contributed by atoms with van der Waals surface area (Å²) < 4.78 is 14.2. The topological polar surface area (TPSA) is 29.3 Å². The summed E-state index contributed by atoms with van der Waals surface area (Å²) >= 11 is 0. The van der Waals surface area contributed by atoms with Crippen molar-refractivity contribution in [2.24, 2.45) is 5.73 Å². The van der Waals surface area contributed by atoms with Gasteiger partial charge < -0.3 is 5.73 Å². The fraction of sp³-hybridized carbons (Fsp3) is 0.647. The minimum atomic E-state index is -0.131. The summed E-state index contributed by atoms with van der Waals surface area (Å²) in [6.45, 7) is 5.25. The lowest BCUT2D eigenvalue weighted by Gasteiger charge is -2.39. The lowest BCUT2D eigenvalue weighted by Crippen LogP contribution is -2.45. The molecule has 0 aliphatic carbocycles. The predicted octanol–water partition coefficient (Wildman–Crippen LogP) is 3.87. The molecule has 20 heavy (non-hydrogen) atoms. The fourth-order valence-corrected chi connectivity index (χ4v) is 3.48. The molecule has 1 saturated heterocycles. The van der Waals surface area contributed by atoms with Gasteiger partial charge in [-0.2, -0.15) is 0 Å². The number of nitrogens with zero attached hydrogens (tertiary/aromatic N) is 1. The molecule has 3 unspecified atom stereocenters. The van der Waals surface area contributed by atoms with Gasteiger partial charge in [-0.1, -0.05) is 38.0 Å².